The van der Waals surface area contributed by atoms with Gasteiger partial charge in [-0.1, -0.05) is 80.0 Å². The lowest BCUT2D eigenvalue weighted by atomic mass is 9.85. The summed E-state index contributed by atoms with van der Waals surface area (Å²) in [5, 5.41) is 32.9. The molecule has 3 aromatic heterocycles. The maximum Gasteiger partial charge on any atom is 0.251 e. The molecule has 22 heteroatoms. The first kappa shape index (κ1) is 57.4. The molecule has 20 nitrogen and oxygen atoms in total. The molecule has 0 aliphatic carbocycles. The number of hydrogen-bond acceptors (Lipinski definition) is 16. The fourth-order valence-corrected chi connectivity index (χ4v) is 11.7. The van der Waals surface area contributed by atoms with Gasteiger partial charge in [-0.15, -0.1) is 11.3 Å². The smallest absolute Gasteiger partial charge is 0.251 e. The van der Waals surface area contributed by atoms with Gasteiger partial charge in [-0.05, 0) is 85.0 Å². The van der Waals surface area contributed by atoms with Crippen LogP contribution >= 0.6 is 27.3 Å². The number of ether oxygens (including phenoxy) is 2. The molecule has 2 fully saturated rings. The molecule has 3 aromatic carbocycles. The molecule has 5 N–H and O–H groups in total. The predicted molar refractivity (Wildman–Crippen MR) is 308 cm³/mol. The lowest BCUT2D eigenvalue weighted by Gasteiger charge is -2.38. The number of likely N-dealkylation sites (tertiary alicyclic amines) is 2. The van der Waals surface area contributed by atoms with Crippen molar-refractivity contribution >= 4 is 68.3 Å². The molecule has 80 heavy (non-hydrogen) atoms. The number of benzene rings is 3. The Hall–Kier alpha value is -7.29. The van der Waals surface area contributed by atoms with E-state index in [0.29, 0.717) is 66.1 Å². The summed E-state index contributed by atoms with van der Waals surface area (Å²) in [6.07, 6.45) is 5.50. The first-order valence-corrected chi connectivity index (χ1v) is 28.7. The number of hydrogen-bond donors (Lipinski definition) is 5. The van der Waals surface area contributed by atoms with E-state index >= 15 is 0 Å². The fraction of sp³-hybridized carbons (Fsp3) is 0.431. The number of aliphatic hydroxyl groups excluding tert-OH is 1. The van der Waals surface area contributed by atoms with Crippen LogP contribution in [0.3, 0.4) is 0 Å². The van der Waals surface area contributed by atoms with Gasteiger partial charge >= 0.3 is 0 Å². The van der Waals surface area contributed by atoms with E-state index in [4.69, 9.17) is 14.5 Å². The minimum atomic E-state index is -0.964. The molecule has 0 radical (unpaired) electrons. The van der Waals surface area contributed by atoms with Crippen molar-refractivity contribution in [2.24, 2.45) is 5.41 Å². The lowest BCUT2D eigenvalue weighted by Crippen LogP contribution is -2.58. The van der Waals surface area contributed by atoms with Crippen molar-refractivity contribution < 1.29 is 33.8 Å². The summed E-state index contributed by atoms with van der Waals surface area (Å²) in [7, 11) is 1.55. The number of halogens is 1. The number of nitriles is 1. The van der Waals surface area contributed by atoms with Crippen molar-refractivity contribution in [2.75, 3.05) is 56.7 Å². The highest BCUT2D eigenvalue weighted by atomic mass is 79.9. The third-order valence-corrected chi connectivity index (χ3v) is 16.4. The van der Waals surface area contributed by atoms with E-state index in [1.54, 1.807) is 49.2 Å². The minimum absolute atomic E-state index is 0.0179. The average Bonchev–Trinajstić information content (AvgIpc) is 4.24. The van der Waals surface area contributed by atoms with Crippen molar-refractivity contribution in [2.45, 2.75) is 110 Å². The van der Waals surface area contributed by atoms with Gasteiger partial charge in [-0.2, -0.15) is 10.2 Å². The van der Waals surface area contributed by atoms with Gasteiger partial charge in [0.25, 0.3) is 5.91 Å². The number of carbonyl (C=O) groups excluding carboxylic acids is 4. The second-order valence-corrected chi connectivity index (χ2v) is 23.3. The van der Waals surface area contributed by atoms with Gasteiger partial charge in [0.15, 0.2) is 11.5 Å². The molecule has 2 saturated heterocycles. The van der Waals surface area contributed by atoms with Crippen molar-refractivity contribution in [3.05, 3.63) is 123 Å². The second kappa shape index (κ2) is 25.4. The first-order valence-electron chi connectivity index (χ1n) is 27.0. The Morgan fingerprint density at radius 1 is 1.00 bits per heavy atom. The van der Waals surface area contributed by atoms with Gasteiger partial charge in [0.1, 0.15) is 42.5 Å². The molecule has 6 heterocycles. The fourth-order valence-electron chi connectivity index (χ4n) is 10.6. The number of imidazole rings is 1. The molecule has 4 atom stereocenters. The number of amides is 4. The molecule has 6 aromatic rings. The van der Waals surface area contributed by atoms with Crippen LogP contribution in [0.2, 0.25) is 0 Å². The summed E-state index contributed by atoms with van der Waals surface area (Å²) in [6, 6.07) is 21.4. The first-order chi connectivity index (χ1) is 38.5. The number of rotatable bonds is 20. The molecule has 4 amide bonds. The van der Waals surface area contributed by atoms with Gasteiger partial charge in [-0.3, -0.25) is 23.7 Å². The number of aryl methyl sites for hydroxylation is 1. The summed E-state index contributed by atoms with van der Waals surface area (Å²) >= 11 is 5.11. The number of fused-ring (bicyclic) bond motifs is 3. The summed E-state index contributed by atoms with van der Waals surface area (Å²) in [6.45, 7) is 12.7. The van der Waals surface area contributed by atoms with Crippen LogP contribution in [0.25, 0.3) is 16.1 Å². The number of nitrogens with one attached hydrogen (secondary N) is 4. The van der Waals surface area contributed by atoms with Crippen LogP contribution in [0.5, 0.6) is 5.75 Å². The van der Waals surface area contributed by atoms with Gasteiger partial charge < -0.3 is 50.5 Å². The van der Waals surface area contributed by atoms with E-state index in [1.165, 1.54) is 4.90 Å². The van der Waals surface area contributed by atoms with Gasteiger partial charge in [0, 0.05) is 68.4 Å². The topological polar surface area (TPSA) is 245 Å². The Morgan fingerprint density at radius 2 is 1.75 bits per heavy atom. The summed E-state index contributed by atoms with van der Waals surface area (Å²) in [4.78, 5) is 79.9. The number of aromatic nitrogens is 5. The predicted octanol–water partition coefficient (Wildman–Crippen LogP) is 7.36. The summed E-state index contributed by atoms with van der Waals surface area (Å²) < 4.78 is 14.4. The number of thiazole rings is 1. The zero-order valence-electron chi connectivity index (χ0n) is 45.9. The van der Waals surface area contributed by atoms with Crippen molar-refractivity contribution in [3.8, 4) is 27.9 Å². The molecular weight excluding hydrogens is 1100 g/mol. The van der Waals surface area contributed by atoms with E-state index in [0.717, 1.165) is 69.9 Å². The van der Waals surface area contributed by atoms with E-state index in [1.807, 2.05) is 74.2 Å². The molecule has 3 aliphatic heterocycles. The van der Waals surface area contributed by atoms with Crippen LogP contribution in [0, 0.1) is 23.7 Å². The Kier molecular flexibility index (Phi) is 18.3. The van der Waals surface area contributed by atoms with Crippen LogP contribution in [0.15, 0.2) is 89.2 Å². The largest absolute Gasteiger partial charge is 0.495 e. The molecule has 0 saturated carbocycles. The number of nitrogens with zero attached hydrogens (tertiary/aromatic N) is 9. The van der Waals surface area contributed by atoms with Crippen LogP contribution in [0.1, 0.15) is 104 Å². The van der Waals surface area contributed by atoms with E-state index in [2.05, 4.69) is 87.1 Å². The Labute approximate surface area is 478 Å². The monoisotopic (exact) mass is 1170 g/mol. The number of carbonyl (C=O) groups is 4. The molecule has 0 unspecified atom stereocenters. The highest BCUT2D eigenvalue weighted by molar-refractivity contribution is 9.10. The number of methoxy groups -OCH3 is 1. The van der Waals surface area contributed by atoms with Crippen molar-refractivity contribution in [1.82, 2.24) is 50.3 Å². The quantitative estimate of drug-likeness (QED) is 0.0469. The molecule has 9 rings (SSSR count). The lowest BCUT2D eigenvalue weighted by molar-refractivity contribution is -0.144. The van der Waals surface area contributed by atoms with Gasteiger partial charge in [-0.25, -0.2) is 15.0 Å². The van der Waals surface area contributed by atoms with Crippen LogP contribution < -0.4 is 30.9 Å². The molecule has 3 aliphatic rings. The van der Waals surface area contributed by atoms with E-state index in [9.17, 15) is 29.5 Å². The molecule has 0 bridgehead atoms. The second-order valence-electron chi connectivity index (χ2n) is 21.5. The molecule has 0 spiro atoms. The van der Waals surface area contributed by atoms with E-state index < -0.39 is 35.4 Å². The third-order valence-electron chi connectivity index (χ3n) is 14.9. The standard InChI is InChI=1S/C58H68BrN13O7S/c1-7-45-50-44(27-60)63-33-72(50)47-29-62-57(68-53(47)70(45)30-37-11-16-40(59)17-12-37)66-43-18-15-39(25-48(43)78-6)54(75)65-41-19-22-69(23-20-41)21-8-24-79-32-49(74)67-52(58(3,4)5)56(77)71-31-42(73)26-46(71)55(76)61-28-36-9-13-38(14-10-36)51-35(2)64-34-80-51/h9-18,25,29,33-34,41-42,45-46,52,73H,7-8,19-24,26,28,30-32H2,1-6H3,(H,61,76)(H,65,75)(H,67,74)(H,62,66,68)/t42-,45-,46+,52-/m1/s1. The van der Waals surface area contributed by atoms with Crippen LogP contribution in [0.4, 0.5) is 17.5 Å². The maximum atomic E-state index is 14.1. The Balaban J connectivity index is 0.715. The minimum Gasteiger partial charge on any atom is -0.495 e. The number of anilines is 3. The number of piperidine rings is 1. The zero-order chi connectivity index (χ0) is 56.7. The zero-order valence-corrected chi connectivity index (χ0v) is 48.3. The van der Waals surface area contributed by atoms with E-state index in [-0.39, 0.29) is 50.0 Å². The SMILES string of the molecule is CC[C@@H]1c2c(C#N)ncn2-c2cnc(Nc3ccc(C(=O)NC4CCN(CCCOCC(=O)N[C@H](C(=O)N5C[C@H](O)C[C@H]5C(=O)NCc5ccc(-c6scnc6C)cc5)C(C)(C)C)CC4)cc3OC)nc2N1Cc1ccc(Br)cc1. The normalized spacial score (nSPS) is 17.7. The third kappa shape index (κ3) is 13.3. The summed E-state index contributed by atoms with van der Waals surface area (Å²) in [5.74, 6) is -0.00537. The van der Waals surface area contributed by atoms with Gasteiger partial charge in [0.2, 0.25) is 23.7 Å². The Morgan fingerprint density at radius 3 is 2.44 bits per heavy atom. The maximum absolute atomic E-state index is 14.1. The van der Waals surface area contributed by atoms with Crippen LogP contribution in [-0.2, 0) is 32.2 Å². The van der Waals surface area contributed by atoms with Gasteiger partial charge in [0.05, 0.1) is 52.9 Å². The van der Waals surface area contributed by atoms with Crippen molar-refractivity contribution in [3.63, 3.8) is 0 Å². The Bertz CT molecular complexity index is 3220. The highest BCUT2D eigenvalue weighted by Crippen LogP contribution is 2.42. The molecule has 420 valence electrons. The molecular formula is C58H68BrN13O7S. The number of aliphatic hydroxyl groups is 1. The number of β-amino-alcohol motifs (C(OH)–C–C–N with tert-alkyl or cyclic N) is 1. The summed E-state index contributed by atoms with van der Waals surface area (Å²) in [5.41, 5.74) is 7.98. The average molecular weight is 1170 g/mol. The van der Waals surface area contributed by atoms with Crippen LogP contribution in [-0.4, -0.2) is 134 Å². The highest BCUT2D eigenvalue weighted by Gasteiger charge is 2.44. The van der Waals surface area contributed by atoms with Crippen molar-refractivity contribution in [1.29, 1.82) is 5.26 Å².